The third kappa shape index (κ3) is 2.65. The Morgan fingerprint density at radius 3 is 2.83 bits per heavy atom. The van der Waals surface area contributed by atoms with Crippen LogP contribution in [0.5, 0.6) is 0 Å². The summed E-state index contributed by atoms with van der Waals surface area (Å²) in [4.78, 5) is 4.66. The lowest BCUT2D eigenvalue weighted by Crippen LogP contribution is -2.09. The third-order valence-electron chi connectivity index (χ3n) is 3.19. The lowest BCUT2D eigenvalue weighted by Gasteiger charge is -2.16. The molecule has 0 spiro atoms. The summed E-state index contributed by atoms with van der Waals surface area (Å²) in [5, 5.41) is 0.729. The van der Waals surface area contributed by atoms with Crippen LogP contribution in [0.2, 0.25) is 5.02 Å². The average molecular weight is 285 g/mol. The molecule has 0 N–H and O–H groups in total. The van der Waals surface area contributed by atoms with Gasteiger partial charge in [0.15, 0.2) is 0 Å². The van der Waals surface area contributed by atoms with Crippen LogP contribution in [0, 0.1) is 0 Å². The lowest BCUT2D eigenvalue weighted by atomic mass is 10.2. The van der Waals surface area contributed by atoms with Crippen molar-refractivity contribution < 1.29 is 0 Å². The molecule has 0 saturated heterocycles. The number of benzene rings is 1. The van der Waals surface area contributed by atoms with Crippen LogP contribution in [0.3, 0.4) is 0 Å². The number of aromatic nitrogens is 2. The van der Waals surface area contributed by atoms with Gasteiger partial charge in [-0.25, -0.2) is 4.98 Å². The van der Waals surface area contributed by atoms with Crippen LogP contribution in [-0.2, 0) is 6.42 Å². The number of rotatable bonds is 5. The highest BCUT2D eigenvalue weighted by Gasteiger charge is 2.15. The van der Waals surface area contributed by atoms with Crippen LogP contribution in [0.15, 0.2) is 18.2 Å². The van der Waals surface area contributed by atoms with Crippen LogP contribution < -0.4 is 0 Å². The molecule has 0 amide bonds. The van der Waals surface area contributed by atoms with E-state index in [1.807, 2.05) is 12.1 Å². The quantitative estimate of drug-likeness (QED) is 0.719. The van der Waals surface area contributed by atoms with E-state index >= 15 is 0 Å². The summed E-state index contributed by atoms with van der Waals surface area (Å²) in [6.45, 7) is 4.44. The first-order chi connectivity index (χ1) is 8.67. The number of hydrogen-bond acceptors (Lipinski definition) is 1. The van der Waals surface area contributed by atoms with Crippen LogP contribution in [0.1, 0.15) is 38.6 Å². The average Bonchev–Trinajstić information content (AvgIpc) is 2.67. The summed E-state index contributed by atoms with van der Waals surface area (Å²) in [5.41, 5.74) is 2.12. The second-order valence-corrected chi connectivity index (χ2v) is 5.42. The van der Waals surface area contributed by atoms with Gasteiger partial charge < -0.3 is 4.57 Å². The van der Waals surface area contributed by atoms with E-state index in [-0.39, 0.29) is 0 Å². The van der Waals surface area contributed by atoms with E-state index in [9.17, 15) is 0 Å². The molecule has 0 saturated carbocycles. The van der Waals surface area contributed by atoms with E-state index in [1.54, 1.807) is 0 Å². The number of hydrogen-bond donors (Lipinski definition) is 0. The molecular weight excluding hydrogens is 267 g/mol. The molecule has 1 aromatic carbocycles. The van der Waals surface area contributed by atoms with Crippen molar-refractivity contribution in [2.75, 3.05) is 5.88 Å². The van der Waals surface area contributed by atoms with Gasteiger partial charge in [-0.2, -0.15) is 0 Å². The number of aryl methyl sites for hydroxylation is 1. The van der Waals surface area contributed by atoms with Crippen LogP contribution >= 0.6 is 23.2 Å². The third-order valence-corrected chi connectivity index (χ3v) is 3.61. The molecule has 1 atom stereocenters. The number of imidazole rings is 1. The van der Waals surface area contributed by atoms with Crippen LogP contribution in [-0.4, -0.2) is 15.4 Å². The fourth-order valence-corrected chi connectivity index (χ4v) is 2.76. The van der Waals surface area contributed by atoms with E-state index < -0.39 is 0 Å². The molecule has 2 aromatic rings. The maximum atomic E-state index is 6.02. The number of nitrogens with zero attached hydrogens (tertiary/aromatic N) is 2. The van der Waals surface area contributed by atoms with Gasteiger partial charge in [-0.1, -0.05) is 24.9 Å². The van der Waals surface area contributed by atoms with Crippen molar-refractivity contribution in [3.63, 3.8) is 0 Å². The molecule has 2 nitrogen and oxygen atoms in total. The zero-order chi connectivity index (χ0) is 13.1. The van der Waals surface area contributed by atoms with Gasteiger partial charge in [-0.15, -0.1) is 11.6 Å². The zero-order valence-corrected chi connectivity index (χ0v) is 12.3. The van der Waals surface area contributed by atoms with Crippen molar-refractivity contribution >= 4 is 34.2 Å². The molecule has 2 rings (SSSR count). The fourth-order valence-electron chi connectivity index (χ4n) is 2.42. The van der Waals surface area contributed by atoms with Crippen molar-refractivity contribution in [3.8, 4) is 0 Å². The van der Waals surface area contributed by atoms with Gasteiger partial charge in [0.1, 0.15) is 5.82 Å². The van der Waals surface area contributed by atoms with Crippen LogP contribution in [0.4, 0.5) is 0 Å². The van der Waals surface area contributed by atoms with Gasteiger partial charge in [0, 0.05) is 23.4 Å². The Labute approximate surface area is 118 Å². The molecule has 1 aromatic heterocycles. The summed E-state index contributed by atoms with van der Waals surface area (Å²) < 4.78 is 2.30. The molecule has 18 heavy (non-hydrogen) atoms. The highest BCUT2D eigenvalue weighted by atomic mass is 35.5. The minimum atomic E-state index is 0.444. The standard InChI is InChI=1S/C14H18Cl2N2/c1-3-4-10(2)18-13-6-5-11(16)9-12(13)17-14(18)7-8-15/h5-6,9-10H,3-4,7-8H2,1-2H3. The molecule has 0 fully saturated rings. The Hall–Kier alpha value is -0.730. The molecular formula is C14H18Cl2N2. The van der Waals surface area contributed by atoms with E-state index in [0.717, 1.165) is 41.1 Å². The second-order valence-electron chi connectivity index (χ2n) is 4.61. The number of fused-ring (bicyclic) bond motifs is 1. The summed E-state index contributed by atoms with van der Waals surface area (Å²) >= 11 is 11.9. The first-order valence-corrected chi connectivity index (χ1v) is 7.31. The Morgan fingerprint density at radius 2 is 2.17 bits per heavy atom. The summed E-state index contributed by atoms with van der Waals surface area (Å²) in [7, 11) is 0. The molecule has 98 valence electrons. The van der Waals surface area contributed by atoms with Crippen LogP contribution in [0.25, 0.3) is 11.0 Å². The molecule has 1 unspecified atom stereocenters. The fraction of sp³-hybridized carbons (Fsp3) is 0.500. The van der Waals surface area contributed by atoms with Gasteiger partial charge in [0.2, 0.25) is 0 Å². The largest absolute Gasteiger partial charge is 0.325 e. The topological polar surface area (TPSA) is 17.8 Å². The van der Waals surface area contributed by atoms with Gasteiger partial charge >= 0.3 is 0 Å². The molecule has 4 heteroatoms. The predicted octanol–water partition coefficient (Wildman–Crippen LogP) is 4.83. The van der Waals surface area contributed by atoms with E-state index in [2.05, 4.69) is 29.5 Å². The lowest BCUT2D eigenvalue weighted by molar-refractivity contribution is 0.496. The normalized spacial score (nSPS) is 13.1. The monoisotopic (exact) mass is 284 g/mol. The van der Waals surface area contributed by atoms with E-state index in [1.165, 1.54) is 0 Å². The molecule has 0 aliphatic heterocycles. The Bertz CT molecular complexity index is 534. The SMILES string of the molecule is CCCC(C)n1c(CCCl)nc2cc(Cl)ccc21. The van der Waals surface area contributed by atoms with E-state index in [4.69, 9.17) is 23.2 Å². The van der Waals surface area contributed by atoms with Crippen molar-refractivity contribution in [3.05, 3.63) is 29.0 Å². The smallest absolute Gasteiger partial charge is 0.111 e. The Kier molecular flexibility index (Phi) is 4.52. The molecule has 0 aliphatic carbocycles. The van der Waals surface area contributed by atoms with Gasteiger partial charge in [-0.3, -0.25) is 0 Å². The predicted molar refractivity (Wildman–Crippen MR) is 78.8 cm³/mol. The number of alkyl halides is 1. The van der Waals surface area contributed by atoms with Crippen molar-refractivity contribution in [2.24, 2.45) is 0 Å². The first-order valence-electron chi connectivity index (χ1n) is 6.39. The first kappa shape index (κ1) is 13.7. The molecule has 0 radical (unpaired) electrons. The zero-order valence-electron chi connectivity index (χ0n) is 10.8. The Morgan fingerprint density at radius 1 is 1.39 bits per heavy atom. The minimum absolute atomic E-state index is 0.444. The van der Waals surface area contributed by atoms with Crippen molar-refractivity contribution in [1.82, 2.24) is 9.55 Å². The van der Waals surface area contributed by atoms with Crippen molar-refractivity contribution in [2.45, 2.75) is 39.2 Å². The highest BCUT2D eigenvalue weighted by molar-refractivity contribution is 6.31. The van der Waals surface area contributed by atoms with Crippen molar-refractivity contribution in [1.29, 1.82) is 0 Å². The van der Waals surface area contributed by atoms with Gasteiger partial charge in [0.05, 0.1) is 11.0 Å². The highest BCUT2D eigenvalue weighted by Crippen LogP contribution is 2.26. The molecule has 0 aliphatic rings. The summed E-state index contributed by atoms with van der Waals surface area (Å²) in [5.74, 6) is 1.65. The maximum Gasteiger partial charge on any atom is 0.111 e. The Balaban J connectivity index is 2.54. The van der Waals surface area contributed by atoms with Gasteiger partial charge in [0.25, 0.3) is 0 Å². The number of halogens is 2. The maximum absolute atomic E-state index is 6.02. The van der Waals surface area contributed by atoms with E-state index in [0.29, 0.717) is 11.9 Å². The minimum Gasteiger partial charge on any atom is -0.325 e. The van der Waals surface area contributed by atoms with Gasteiger partial charge in [-0.05, 0) is 31.5 Å². The molecule has 1 heterocycles. The summed E-state index contributed by atoms with van der Waals surface area (Å²) in [6, 6.07) is 6.34. The molecule has 0 bridgehead atoms. The summed E-state index contributed by atoms with van der Waals surface area (Å²) in [6.07, 6.45) is 3.10. The second kappa shape index (κ2) is 5.94.